The number of rotatable bonds is 7. The molecule has 0 aromatic heterocycles. The van der Waals surface area contributed by atoms with Crippen molar-refractivity contribution in [2.75, 3.05) is 33.2 Å². The Kier molecular flexibility index (Phi) is 4.39. The molecule has 0 spiro atoms. The predicted molar refractivity (Wildman–Crippen MR) is 62.5 cm³/mol. The Morgan fingerprint density at radius 2 is 2.00 bits per heavy atom. The highest BCUT2D eigenvalue weighted by molar-refractivity contribution is 4.81. The van der Waals surface area contributed by atoms with Gasteiger partial charge in [-0.05, 0) is 37.8 Å². The van der Waals surface area contributed by atoms with Crippen molar-refractivity contribution in [1.29, 1.82) is 0 Å². The molecule has 0 atom stereocenters. The van der Waals surface area contributed by atoms with E-state index in [1.54, 1.807) is 0 Å². The molecule has 14 heavy (non-hydrogen) atoms. The van der Waals surface area contributed by atoms with Crippen LogP contribution >= 0.6 is 0 Å². The molecule has 2 heteroatoms. The Morgan fingerprint density at radius 3 is 2.43 bits per heavy atom. The summed E-state index contributed by atoms with van der Waals surface area (Å²) in [5.74, 6) is 1.01. The first-order chi connectivity index (χ1) is 6.57. The maximum Gasteiger partial charge on any atom is 0.00448 e. The van der Waals surface area contributed by atoms with E-state index in [0.717, 1.165) is 12.5 Å². The minimum absolute atomic E-state index is 0.402. The minimum atomic E-state index is 0.402. The molecule has 0 heterocycles. The molecule has 0 unspecified atom stereocenters. The van der Waals surface area contributed by atoms with Crippen molar-refractivity contribution in [2.45, 2.75) is 33.6 Å². The predicted octanol–water partition coefficient (Wildman–Crippen LogP) is 1.96. The van der Waals surface area contributed by atoms with E-state index in [1.807, 2.05) is 7.05 Å². The minimum Gasteiger partial charge on any atom is -0.319 e. The lowest BCUT2D eigenvalue weighted by Gasteiger charge is -2.32. The first-order valence-electron chi connectivity index (χ1n) is 5.94. The van der Waals surface area contributed by atoms with Gasteiger partial charge in [0.05, 0.1) is 0 Å². The second-order valence-corrected chi connectivity index (χ2v) is 5.47. The van der Waals surface area contributed by atoms with Crippen LogP contribution in [0.15, 0.2) is 0 Å². The summed E-state index contributed by atoms with van der Waals surface area (Å²) in [5, 5.41) is 3.28. The monoisotopic (exact) mass is 198 g/mol. The van der Waals surface area contributed by atoms with E-state index in [0.29, 0.717) is 5.41 Å². The Hall–Kier alpha value is -0.0800. The average molecular weight is 198 g/mol. The van der Waals surface area contributed by atoms with Crippen LogP contribution in [-0.4, -0.2) is 38.1 Å². The number of hydrogen-bond donors (Lipinski definition) is 1. The van der Waals surface area contributed by atoms with Crippen molar-refractivity contribution in [2.24, 2.45) is 11.3 Å². The highest BCUT2D eigenvalue weighted by Crippen LogP contribution is 2.30. The topological polar surface area (TPSA) is 15.3 Å². The number of nitrogens with zero attached hydrogens (tertiary/aromatic N) is 1. The molecule has 0 aromatic carbocycles. The lowest BCUT2D eigenvalue weighted by atomic mass is 9.92. The standard InChI is InChI=1S/C12H26N2/c1-5-14(8-11-6-7-11)10-12(2,3)9-13-4/h11,13H,5-10H2,1-4H3. The number of nitrogens with one attached hydrogen (secondary N) is 1. The Balaban J connectivity index is 2.29. The van der Waals surface area contributed by atoms with Gasteiger partial charge in [0.1, 0.15) is 0 Å². The summed E-state index contributed by atoms with van der Waals surface area (Å²) in [4.78, 5) is 2.61. The Morgan fingerprint density at radius 1 is 1.36 bits per heavy atom. The second kappa shape index (κ2) is 5.13. The van der Waals surface area contributed by atoms with Crippen molar-refractivity contribution in [3.63, 3.8) is 0 Å². The van der Waals surface area contributed by atoms with Gasteiger partial charge >= 0.3 is 0 Å². The molecule has 1 fully saturated rings. The molecule has 1 saturated carbocycles. The van der Waals surface area contributed by atoms with Crippen LogP contribution in [0, 0.1) is 11.3 Å². The molecule has 0 aromatic rings. The van der Waals surface area contributed by atoms with Gasteiger partial charge in [0.25, 0.3) is 0 Å². The van der Waals surface area contributed by atoms with Crippen LogP contribution in [0.5, 0.6) is 0 Å². The van der Waals surface area contributed by atoms with Crippen molar-refractivity contribution in [3.8, 4) is 0 Å². The molecule has 1 rings (SSSR count). The smallest absolute Gasteiger partial charge is 0.00448 e. The molecule has 1 N–H and O–H groups in total. The summed E-state index contributed by atoms with van der Waals surface area (Å²) in [6.45, 7) is 11.8. The Labute approximate surface area is 89.1 Å². The molecule has 0 radical (unpaired) electrons. The number of hydrogen-bond acceptors (Lipinski definition) is 2. The van der Waals surface area contributed by atoms with Gasteiger partial charge < -0.3 is 10.2 Å². The van der Waals surface area contributed by atoms with Crippen LogP contribution in [0.4, 0.5) is 0 Å². The van der Waals surface area contributed by atoms with E-state index in [2.05, 4.69) is 31.0 Å². The summed E-state index contributed by atoms with van der Waals surface area (Å²) < 4.78 is 0. The molecule has 2 nitrogen and oxygen atoms in total. The van der Waals surface area contributed by atoms with Gasteiger partial charge in [-0.15, -0.1) is 0 Å². The molecule has 0 amide bonds. The van der Waals surface area contributed by atoms with Crippen molar-refractivity contribution < 1.29 is 0 Å². The molecule has 1 aliphatic rings. The van der Waals surface area contributed by atoms with Gasteiger partial charge in [-0.2, -0.15) is 0 Å². The van der Waals surface area contributed by atoms with E-state index in [4.69, 9.17) is 0 Å². The van der Waals surface area contributed by atoms with Gasteiger partial charge in [0.2, 0.25) is 0 Å². The second-order valence-electron chi connectivity index (χ2n) is 5.47. The fourth-order valence-corrected chi connectivity index (χ4v) is 2.11. The summed E-state index contributed by atoms with van der Waals surface area (Å²) in [6, 6.07) is 0. The molecule has 84 valence electrons. The van der Waals surface area contributed by atoms with Gasteiger partial charge in [-0.25, -0.2) is 0 Å². The maximum absolute atomic E-state index is 3.28. The van der Waals surface area contributed by atoms with E-state index in [-0.39, 0.29) is 0 Å². The molecule has 0 bridgehead atoms. The summed E-state index contributed by atoms with van der Waals surface area (Å²) in [7, 11) is 2.04. The van der Waals surface area contributed by atoms with Crippen molar-refractivity contribution in [1.82, 2.24) is 10.2 Å². The van der Waals surface area contributed by atoms with E-state index in [1.165, 1.54) is 32.5 Å². The van der Waals surface area contributed by atoms with E-state index < -0.39 is 0 Å². The summed E-state index contributed by atoms with van der Waals surface area (Å²) in [6.07, 6.45) is 2.92. The van der Waals surface area contributed by atoms with Crippen LogP contribution in [0.25, 0.3) is 0 Å². The van der Waals surface area contributed by atoms with Crippen LogP contribution in [-0.2, 0) is 0 Å². The van der Waals surface area contributed by atoms with Crippen LogP contribution in [0.3, 0.4) is 0 Å². The van der Waals surface area contributed by atoms with Crippen LogP contribution < -0.4 is 5.32 Å². The van der Waals surface area contributed by atoms with E-state index in [9.17, 15) is 0 Å². The summed E-state index contributed by atoms with van der Waals surface area (Å²) in [5.41, 5.74) is 0.402. The van der Waals surface area contributed by atoms with Gasteiger partial charge in [-0.1, -0.05) is 20.8 Å². The lowest BCUT2D eigenvalue weighted by molar-refractivity contribution is 0.177. The SMILES string of the molecule is CCN(CC1CC1)CC(C)(C)CNC. The van der Waals surface area contributed by atoms with Gasteiger partial charge in [0, 0.05) is 19.6 Å². The third kappa shape index (κ3) is 4.43. The third-order valence-electron chi connectivity index (χ3n) is 2.97. The zero-order valence-electron chi connectivity index (χ0n) is 10.3. The van der Waals surface area contributed by atoms with Crippen molar-refractivity contribution in [3.05, 3.63) is 0 Å². The van der Waals surface area contributed by atoms with Gasteiger partial charge in [0.15, 0.2) is 0 Å². The lowest BCUT2D eigenvalue weighted by Crippen LogP contribution is -2.40. The largest absolute Gasteiger partial charge is 0.319 e. The molecular formula is C12H26N2. The fraction of sp³-hybridized carbons (Fsp3) is 1.00. The first-order valence-corrected chi connectivity index (χ1v) is 5.94. The fourth-order valence-electron chi connectivity index (χ4n) is 2.11. The average Bonchev–Trinajstić information content (AvgIpc) is 2.86. The van der Waals surface area contributed by atoms with Crippen LogP contribution in [0.2, 0.25) is 0 Å². The Bertz CT molecular complexity index is 162. The molecular weight excluding hydrogens is 172 g/mol. The normalized spacial score (nSPS) is 17.8. The van der Waals surface area contributed by atoms with Gasteiger partial charge in [-0.3, -0.25) is 0 Å². The first kappa shape index (κ1) is 12.0. The quantitative estimate of drug-likeness (QED) is 0.673. The van der Waals surface area contributed by atoms with E-state index >= 15 is 0 Å². The van der Waals surface area contributed by atoms with Crippen LogP contribution in [0.1, 0.15) is 33.6 Å². The molecule has 0 aliphatic heterocycles. The highest BCUT2D eigenvalue weighted by atomic mass is 15.1. The zero-order chi connectivity index (χ0) is 10.6. The highest BCUT2D eigenvalue weighted by Gasteiger charge is 2.26. The zero-order valence-corrected chi connectivity index (χ0v) is 10.3. The maximum atomic E-state index is 3.28. The summed E-state index contributed by atoms with van der Waals surface area (Å²) >= 11 is 0. The third-order valence-corrected chi connectivity index (χ3v) is 2.97. The van der Waals surface area contributed by atoms with Crippen molar-refractivity contribution >= 4 is 0 Å². The molecule has 1 aliphatic carbocycles. The molecule has 0 saturated heterocycles.